The van der Waals surface area contributed by atoms with Crippen LogP contribution in [0.15, 0.2) is 76.2 Å². The van der Waals surface area contributed by atoms with Crippen molar-refractivity contribution in [1.29, 1.82) is 0 Å². The number of methoxy groups -OCH3 is 1. The van der Waals surface area contributed by atoms with Gasteiger partial charge in [0, 0.05) is 28.9 Å². The molecule has 0 radical (unpaired) electrons. The zero-order valence-electron chi connectivity index (χ0n) is 18.7. The molecule has 0 saturated carbocycles. The lowest BCUT2D eigenvalue weighted by molar-refractivity contribution is 0.115. The Morgan fingerprint density at radius 1 is 1.15 bits per heavy atom. The normalized spacial score (nSPS) is 10.2. The first-order valence-corrected chi connectivity index (χ1v) is 10.4. The first kappa shape index (κ1) is 24.6. The predicted molar refractivity (Wildman–Crippen MR) is 125 cm³/mol. The van der Waals surface area contributed by atoms with Crippen molar-refractivity contribution in [2.45, 2.75) is 13.5 Å². The number of nitrogens with one attached hydrogen (secondary N) is 1. The number of aromatic amines is 1. The lowest BCUT2D eigenvalue weighted by Gasteiger charge is -2.20. The third-order valence-electron chi connectivity index (χ3n) is 4.41. The van der Waals surface area contributed by atoms with Gasteiger partial charge in [0.15, 0.2) is 0 Å². The molecule has 2 aromatic heterocycles. The molecular formula is C23H23ClN4O6. The first-order chi connectivity index (χ1) is 16.4. The zero-order valence-corrected chi connectivity index (χ0v) is 19.5. The maximum atomic E-state index is 11.9. The van der Waals surface area contributed by atoms with E-state index in [9.17, 15) is 9.59 Å². The number of rotatable bonds is 6. The van der Waals surface area contributed by atoms with Gasteiger partial charge in [-0.2, -0.15) is 10.2 Å². The molecule has 1 N–H and O–H groups in total. The van der Waals surface area contributed by atoms with E-state index in [0.717, 1.165) is 16.3 Å². The number of carbonyl (C=O) groups excluding carboxylic acids is 1. The molecule has 0 fully saturated rings. The van der Waals surface area contributed by atoms with Crippen molar-refractivity contribution in [3.63, 3.8) is 0 Å². The van der Waals surface area contributed by atoms with E-state index < -0.39 is 6.09 Å². The van der Waals surface area contributed by atoms with Gasteiger partial charge in [-0.1, -0.05) is 29.8 Å². The minimum atomic E-state index is -0.628. The van der Waals surface area contributed by atoms with Gasteiger partial charge in [0.1, 0.15) is 12.4 Å². The van der Waals surface area contributed by atoms with E-state index in [0.29, 0.717) is 22.4 Å². The third-order valence-corrected chi connectivity index (χ3v) is 4.66. The molecule has 0 bridgehead atoms. The summed E-state index contributed by atoms with van der Waals surface area (Å²) in [6, 6.07) is 17.7. The minimum Gasteiger partial charge on any atom is -0.472 e. The number of hydrogen-bond donors (Lipinski definition) is 1. The van der Waals surface area contributed by atoms with Crippen molar-refractivity contribution in [2.75, 3.05) is 19.3 Å². The number of anilines is 1. The van der Waals surface area contributed by atoms with Crippen molar-refractivity contribution < 1.29 is 23.6 Å². The highest BCUT2D eigenvalue weighted by atomic mass is 35.5. The molecule has 11 heteroatoms. The second kappa shape index (κ2) is 11.7. The monoisotopic (exact) mass is 486 g/mol. The summed E-state index contributed by atoms with van der Waals surface area (Å²) in [4.78, 5) is 27.1. The third kappa shape index (κ3) is 6.50. The van der Waals surface area contributed by atoms with E-state index >= 15 is 0 Å². The Labute approximate surface area is 200 Å². The number of carbonyl (C=O) groups is 1. The molecule has 0 unspecified atom stereocenters. The van der Waals surface area contributed by atoms with E-state index in [1.54, 1.807) is 48.1 Å². The molecule has 0 aliphatic heterocycles. The predicted octanol–water partition coefficient (Wildman–Crippen LogP) is 4.52. The van der Waals surface area contributed by atoms with Gasteiger partial charge in [-0.25, -0.2) is 9.48 Å². The molecule has 1 amide bonds. The van der Waals surface area contributed by atoms with E-state index in [1.165, 1.54) is 20.3 Å². The average molecular weight is 487 g/mol. The second-order valence-corrected chi connectivity index (χ2v) is 7.20. The molecule has 0 aliphatic rings. The summed E-state index contributed by atoms with van der Waals surface area (Å²) >= 11 is 5.91. The maximum absolute atomic E-state index is 11.9. The maximum Gasteiger partial charge on any atom is 0.438 e. The van der Waals surface area contributed by atoms with Gasteiger partial charge >= 0.3 is 6.09 Å². The second-order valence-electron chi connectivity index (χ2n) is 6.76. The number of hydrogen-bond acceptors (Lipinski definition) is 7. The van der Waals surface area contributed by atoms with E-state index in [2.05, 4.69) is 14.8 Å². The Bertz CT molecular complexity index is 1260. The standard InChI is InChI=1S/C19H18ClN3O4.C4H5NO2/c1-25-19(24)23(26-2)17-6-4-3-5-14(17)13-27-18-11-12-22(21-18)16-9-7-15(20)8-10-16;1-3-2-4(6)5-7-3/h3-12H,13H2,1-2H3;2H,1H3,(H,5,6). The molecule has 0 spiro atoms. The summed E-state index contributed by atoms with van der Waals surface area (Å²) in [6.07, 6.45) is 1.16. The zero-order chi connectivity index (χ0) is 24.5. The summed E-state index contributed by atoms with van der Waals surface area (Å²) in [5, 5.41) is 8.24. The molecule has 4 aromatic rings. The fourth-order valence-electron chi connectivity index (χ4n) is 2.83. The Balaban J connectivity index is 0.000000396. The van der Waals surface area contributed by atoms with Crippen molar-refractivity contribution in [2.24, 2.45) is 0 Å². The van der Waals surface area contributed by atoms with Crippen LogP contribution in [0.1, 0.15) is 11.3 Å². The Kier molecular flexibility index (Phi) is 8.49. The number of para-hydroxylation sites is 1. The van der Waals surface area contributed by atoms with Gasteiger partial charge in [-0.05, 0) is 37.3 Å². The topological polar surface area (TPSA) is 112 Å². The molecule has 2 aromatic carbocycles. The van der Waals surface area contributed by atoms with Crippen LogP contribution in [-0.2, 0) is 16.2 Å². The highest BCUT2D eigenvalue weighted by Crippen LogP contribution is 2.23. The number of H-pyrrole nitrogens is 1. The van der Waals surface area contributed by atoms with Crippen LogP contribution in [0.4, 0.5) is 10.5 Å². The highest BCUT2D eigenvalue weighted by Gasteiger charge is 2.19. The number of nitrogens with zero attached hydrogens (tertiary/aromatic N) is 3. The lowest BCUT2D eigenvalue weighted by Crippen LogP contribution is -2.30. The average Bonchev–Trinajstić information content (AvgIpc) is 3.48. The van der Waals surface area contributed by atoms with E-state index in [-0.39, 0.29) is 12.2 Å². The fraction of sp³-hybridized carbons (Fsp3) is 0.174. The van der Waals surface area contributed by atoms with Crippen LogP contribution < -0.4 is 15.4 Å². The quantitative estimate of drug-likeness (QED) is 0.399. The summed E-state index contributed by atoms with van der Waals surface area (Å²) in [5.74, 6) is 1.06. The Morgan fingerprint density at radius 2 is 1.88 bits per heavy atom. The van der Waals surface area contributed by atoms with Crippen molar-refractivity contribution in [3.8, 4) is 11.6 Å². The van der Waals surface area contributed by atoms with Crippen LogP contribution in [-0.4, -0.2) is 35.2 Å². The van der Waals surface area contributed by atoms with Gasteiger partial charge in [-0.15, -0.1) is 5.10 Å². The van der Waals surface area contributed by atoms with Gasteiger partial charge in [-0.3, -0.25) is 9.63 Å². The van der Waals surface area contributed by atoms with Gasteiger partial charge < -0.3 is 14.0 Å². The number of amides is 1. The fourth-order valence-corrected chi connectivity index (χ4v) is 2.96. The van der Waals surface area contributed by atoms with Crippen LogP contribution >= 0.6 is 11.6 Å². The number of benzene rings is 2. The van der Waals surface area contributed by atoms with Gasteiger partial charge in [0.2, 0.25) is 5.88 Å². The summed E-state index contributed by atoms with van der Waals surface area (Å²) < 4.78 is 16.7. The molecule has 2 heterocycles. The highest BCUT2D eigenvalue weighted by molar-refractivity contribution is 6.30. The van der Waals surface area contributed by atoms with Crippen LogP contribution in [0.5, 0.6) is 5.88 Å². The largest absolute Gasteiger partial charge is 0.472 e. The molecular weight excluding hydrogens is 464 g/mol. The number of aromatic nitrogens is 3. The molecule has 0 atom stereocenters. The van der Waals surface area contributed by atoms with E-state index in [4.69, 9.17) is 25.9 Å². The van der Waals surface area contributed by atoms with Crippen molar-refractivity contribution >= 4 is 23.4 Å². The van der Waals surface area contributed by atoms with Crippen LogP contribution in [0.25, 0.3) is 5.69 Å². The Morgan fingerprint density at radius 3 is 2.47 bits per heavy atom. The molecule has 178 valence electrons. The van der Waals surface area contributed by atoms with Crippen molar-refractivity contribution in [3.05, 3.63) is 93.6 Å². The van der Waals surface area contributed by atoms with Gasteiger partial charge in [0.25, 0.3) is 5.56 Å². The number of halogens is 1. The first-order valence-electron chi connectivity index (χ1n) is 10.0. The minimum absolute atomic E-state index is 0.183. The smallest absolute Gasteiger partial charge is 0.438 e. The summed E-state index contributed by atoms with van der Waals surface area (Å²) in [5.41, 5.74) is 1.96. The van der Waals surface area contributed by atoms with Gasteiger partial charge in [0.05, 0.1) is 25.6 Å². The molecule has 0 aliphatic carbocycles. The van der Waals surface area contributed by atoms with Crippen molar-refractivity contribution in [1.82, 2.24) is 14.9 Å². The molecule has 10 nitrogen and oxygen atoms in total. The van der Waals surface area contributed by atoms with Crippen LogP contribution in [0, 0.1) is 6.92 Å². The van der Waals surface area contributed by atoms with Crippen LogP contribution in [0.3, 0.4) is 0 Å². The number of ether oxygens (including phenoxy) is 2. The van der Waals surface area contributed by atoms with Crippen LogP contribution in [0.2, 0.25) is 5.02 Å². The molecule has 34 heavy (non-hydrogen) atoms. The number of aryl methyl sites for hydroxylation is 1. The van der Waals surface area contributed by atoms with E-state index in [1.807, 2.05) is 24.3 Å². The SMILES string of the molecule is COC(=O)N(OC)c1ccccc1COc1ccn(-c2ccc(Cl)cc2)n1.Cc1cc(=O)[nH]o1. The molecule has 0 saturated heterocycles. The number of hydroxylamine groups is 1. The summed E-state index contributed by atoms with van der Waals surface area (Å²) in [7, 11) is 2.68. The Hall–Kier alpha value is -4.02. The molecule has 4 rings (SSSR count). The lowest BCUT2D eigenvalue weighted by atomic mass is 10.2. The summed E-state index contributed by atoms with van der Waals surface area (Å²) in [6.45, 7) is 1.91.